The number of halogens is 2. The third-order valence-corrected chi connectivity index (χ3v) is 6.36. The SMILES string of the molecule is CCOC(=O)[C@H](OC[C@H]1O[C@@H](n2cnc3c(N)nc(-c4cc(F)cc(F)c4)nc32)[C@H](O)[C@@H]1O)P(=O)(O)O. The van der Waals surface area contributed by atoms with E-state index in [0.717, 1.165) is 12.1 Å². The highest BCUT2D eigenvalue weighted by molar-refractivity contribution is 7.53. The summed E-state index contributed by atoms with van der Waals surface area (Å²) in [5.74, 6) is -5.62. The van der Waals surface area contributed by atoms with Gasteiger partial charge < -0.3 is 39.9 Å². The van der Waals surface area contributed by atoms with Crippen LogP contribution in [0.5, 0.6) is 0 Å². The fraction of sp³-hybridized carbons (Fsp3) is 0.400. The van der Waals surface area contributed by atoms with Crippen LogP contribution in [-0.4, -0.2) is 82.9 Å². The summed E-state index contributed by atoms with van der Waals surface area (Å²) in [6, 6.07) is 2.65. The van der Waals surface area contributed by atoms with Gasteiger partial charge in [0.2, 0.25) is 0 Å². The minimum atomic E-state index is -5.09. The minimum absolute atomic E-state index is 0.00962. The molecule has 1 saturated heterocycles. The number of aliphatic hydroxyl groups excluding tert-OH is 2. The minimum Gasteiger partial charge on any atom is -0.464 e. The quantitative estimate of drug-likeness (QED) is 0.187. The van der Waals surface area contributed by atoms with Gasteiger partial charge in [0.05, 0.1) is 19.5 Å². The van der Waals surface area contributed by atoms with Crippen molar-refractivity contribution in [3.8, 4) is 11.4 Å². The predicted octanol–water partition coefficient (Wildman–Crippen LogP) is 0.0564. The third kappa shape index (κ3) is 5.45. The van der Waals surface area contributed by atoms with Crippen molar-refractivity contribution >= 4 is 30.5 Å². The molecule has 1 aromatic carbocycles. The second kappa shape index (κ2) is 10.3. The lowest BCUT2D eigenvalue weighted by Gasteiger charge is -2.20. The zero-order valence-electron chi connectivity index (χ0n) is 19.0. The summed E-state index contributed by atoms with van der Waals surface area (Å²) in [6.07, 6.45) is -4.77. The number of aliphatic hydroxyl groups is 2. The van der Waals surface area contributed by atoms with Gasteiger partial charge in [0.1, 0.15) is 35.5 Å². The highest BCUT2D eigenvalue weighted by Gasteiger charge is 2.46. The largest absolute Gasteiger partial charge is 0.464 e. The first kappa shape index (κ1) is 26.9. The molecule has 200 valence electrons. The lowest BCUT2D eigenvalue weighted by Crippen LogP contribution is -2.36. The Kier molecular flexibility index (Phi) is 7.52. The van der Waals surface area contributed by atoms with E-state index in [9.17, 15) is 38.1 Å². The van der Waals surface area contributed by atoms with Crippen molar-refractivity contribution in [1.29, 1.82) is 0 Å². The summed E-state index contributed by atoms with van der Waals surface area (Å²) < 4.78 is 55.5. The fourth-order valence-corrected chi connectivity index (χ4v) is 4.36. The second-order valence-corrected chi connectivity index (χ2v) is 9.63. The summed E-state index contributed by atoms with van der Waals surface area (Å²) in [7, 11) is -5.09. The molecule has 0 saturated carbocycles. The van der Waals surface area contributed by atoms with E-state index in [1.807, 2.05) is 0 Å². The van der Waals surface area contributed by atoms with Gasteiger partial charge in [-0.2, -0.15) is 0 Å². The molecule has 0 amide bonds. The number of aromatic nitrogens is 4. The van der Waals surface area contributed by atoms with Crippen LogP contribution in [0, 0.1) is 11.6 Å². The van der Waals surface area contributed by atoms with Crippen LogP contribution in [-0.2, 0) is 23.6 Å². The molecule has 17 heteroatoms. The Hall–Kier alpha value is -3.11. The normalized spacial score (nSPS) is 22.9. The van der Waals surface area contributed by atoms with Crippen molar-refractivity contribution in [2.45, 2.75) is 37.3 Å². The molecule has 0 bridgehead atoms. The van der Waals surface area contributed by atoms with Crippen molar-refractivity contribution in [3.05, 3.63) is 36.2 Å². The molecule has 0 unspecified atom stereocenters. The third-order valence-electron chi connectivity index (χ3n) is 5.39. The predicted molar refractivity (Wildman–Crippen MR) is 119 cm³/mol. The van der Waals surface area contributed by atoms with Crippen molar-refractivity contribution in [3.63, 3.8) is 0 Å². The highest BCUT2D eigenvalue weighted by atomic mass is 31.2. The number of nitrogens with zero attached hydrogens (tertiary/aromatic N) is 4. The van der Waals surface area contributed by atoms with Gasteiger partial charge in [-0.15, -0.1) is 0 Å². The zero-order valence-corrected chi connectivity index (χ0v) is 19.9. The molecule has 0 spiro atoms. The van der Waals surface area contributed by atoms with Gasteiger partial charge in [0.25, 0.3) is 5.85 Å². The number of imidazole rings is 1. The molecule has 2 aromatic heterocycles. The Bertz CT molecular complexity index is 1350. The summed E-state index contributed by atoms with van der Waals surface area (Å²) >= 11 is 0. The van der Waals surface area contributed by atoms with E-state index in [4.69, 9.17) is 15.2 Å². The first-order valence-electron chi connectivity index (χ1n) is 10.7. The smallest absolute Gasteiger partial charge is 0.365 e. The average molecular weight is 545 g/mol. The molecular formula is C20H22F2N5O9P. The molecule has 1 fully saturated rings. The van der Waals surface area contributed by atoms with E-state index in [2.05, 4.69) is 19.7 Å². The molecule has 37 heavy (non-hydrogen) atoms. The fourth-order valence-electron chi connectivity index (χ4n) is 3.74. The van der Waals surface area contributed by atoms with Crippen molar-refractivity contribution in [1.82, 2.24) is 19.5 Å². The second-order valence-electron chi connectivity index (χ2n) is 7.99. The molecule has 3 heterocycles. The van der Waals surface area contributed by atoms with Crippen LogP contribution < -0.4 is 5.73 Å². The van der Waals surface area contributed by atoms with Crippen molar-refractivity contribution in [2.24, 2.45) is 0 Å². The maximum atomic E-state index is 13.7. The molecule has 6 N–H and O–H groups in total. The van der Waals surface area contributed by atoms with Crippen LogP contribution in [0.3, 0.4) is 0 Å². The van der Waals surface area contributed by atoms with E-state index in [0.29, 0.717) is 6.07 Å². The number of esters is 1. The maximum absolute atomic E-state index is 13.7. The van der Waals surface area contributed by atoms with Gasteiger partial charge in [-0.1, -0.05) is 0 Å². The van der Waals surface area contributed by atoms with Crippen LogP contribution in [0.2, 0.25) is 0 Å². The van der Waals surface area contributed by atoms with E-state index >= 15 is 0 Å². The van der Waals surface area contributed by atoms with Gasteiger partial charge in [0, 0.05) is 11.6 Å². The van der Waals surface area contributed by atoms with E-state index in [-0.39, 0.29) is 35.0 Å². The van der Waals surface area contributed by atoms with Gasteiger partial charge in [-0.05, 0) is 19.1 Å². The number of nitrogens with two attached hydrogens (primary N) is 1. The number of hydrogen-bond acceptors (Lipinski definition) is 11. The lowest BCUT2D eigenvalue weighted by molar-refractivity contribution is -0.155. The monoisotopic (exact) mass is 545 g/mol. The molecule has 0 radical (unpaired) electrons. The molecular weight excluding hydrogens is 523 g/mol. The Balaban J connectivity index is 1.61. The van der Waals surface area contributed by atoms with Crippen LogP contribution in [0.1, 0.15) is 13.2 Å². The number of fused-ring (bicyclic) bond motifs is 1. The first-order valence-corrected chi connectivity index (χ1v) is 12.4. The Morgan fingerprint density at radius 3 is 2.51 bits per heavy atom. The lowest BCUT2D eigenvalue weighted by atomic mass is 10.1. The van der Waals surface area contributed by atoms with Gasteiger partial charge >= 0.3 is 13.6 Å². The molecule has 0 aliphatic carbocycles. The number of nitrogen functional groups attached to an aromatic ring is 1. The van der Waals surface area contributed by atoms with Gasteiger partial charge in [-0.25, -0.2) is 28.5 Å². The van der Waals surface area contributed by atoms with Crippen molar-refractivity contribution < 1.29 is 52.4 Å². The van der Waals surface area contributed by atoms with E-state index in [1.54, 1.807) is 0 Å². The summed E-state index contributed by atoms with van der Waals surface area (Å²) in [6.45, 7) is 0.563. The number of anilines is 1. The summed E-state index contributed by atoms with van der Waals surface area (Å²) in [4.78, 5) is 43.0. The number of carbonyl (C=O) groups excluding carboxylic acids is 1. The van der Waals surface area contributed by atoms with Crippen LogP contribution in [0.4, 0.5) is 14.6 Å². The van der Waals surface area contributed by atoms with E-state index in [1.165, 1.54) is 17.8 Å². The summed E-state index contributed by atoms with van der Waals surface area (Å²) in [5, 5.41) is 21.1. The number of rotatable bonds is 8. The van der Waals surface area contributed by atoms with Crippen LogP contribution >= 0.6 is 7.60 Å². The Morgan fingerprint density at radius 2 is 1.89 bits per heavy atom. The maximum Gasteiger partial charge on any atom is 0.365 e. The molecule has 1 aliphatic rings. The van der Waals surface area contributed by atoms with Gasteiger partial charge in [-0.3, -0.25) is 9.13 Å². The number of ether oxygens (including phenoxy) is 3. The van der Waals surface area contributed by atoms with Crippen LogP contribution in [0.15, 0.2) is 24.5 Å². The topological polar surface area (TPSA) is 212 Å². The molecule has 14 nitrogen and oxygen atoms in total. The molecule has 5 atom stereocenters. The number of benzene rings is 1. The number of hydrogen-bond donors (Lipinski definition) is 5. The molecule has 4 rings (SSSR count). The standard InChI is InChI=1S/C20H22F2N5O9P/c1-2-34-19(30)20(37(31,32)33)35-6-11-13(28)14(29)18(36-11)27-7-24-12-15(23)25-16(26-17(12)27)8-3-9(21)5-10(22)4-8/h3-5,7,11,13-14,18,20,28-29H,2,6H2,1H3,(H2,23,25,26)(H2,31,32,33)/t11-,13-,14-,18-,20-/m1/s1. The van der Waals surface area contributed by atoms with Gasteiger partial charge in [0.15, 0.2) is 23.5 Å². The highest BCUT2D eigenvalue weighted by Crippen LogP contribution is 2.43. The summed E-state index contributed by atoms with van der Waals surface area (Å²) in [5.41, 5.74) is 5.97. The average Bonchev–Trinajstić information content (AvgIpc) is 3.34. The zero-order chi connectivity index (χ0) is 27.1. The molecule has 1 aliphatic heterocycles. The number of carbonyl (C=O) groups is 1. The first-order chi connectivity index (χ1) is 17.4. The van der Waals surface area contributed by atoms with Crippen LogP contribution in [0.25, 0.3) is 22.6 Å². The van der Waals surface area contributed by atoms with E-state index < -0.39 is 62.2 Å². The van der Waals surface area contributed by atoms with Crippen molar-refractivity contribution in [2.75, 3.05) is 18.9 Å². The molecule has 3 aromatic rings. The Morgan fingerprint density at radius 1 is 1.22 bits per heavy atom. The Labute approximate surface area is 206 Å².